The molecule has 58 valence electrons. The molecule has 0 aromatic carbocycles. The monoisotopic (exact) mass is 152 g/mol. The Balaban J connectivity index is 2.90. The number of methoxy groups -OCH3 is 1. The zero-order valence-corrected chi connectivity index (χ0v) is 6.55. The minimum atomic E-state index is -0.318. The summed E-state index contributed by atoms with van der Waals surface area (Å²) in [5.74, 6) is -0.318. The molecule has 0 aliphatic heterocycles. The molecule has 1 N–H and O–H groups in total. The Morgan fingerprint density at radius 3 is 2.73 bits per heavy atom. The van der Waals surface area contributed by atoms with Crippen molar-refractivity contribution in [1.29, 1.82) is 0 Å². The molecule has 1 aromatic rings. The third kappa shape index (κ3) is 1.77. The topological polar surface area (TPSA) is 40.4 Å². The SMILES string of the molecule is COC(=O)c1ccc(C)[nH+]c1. The second-order valence-electron chi connectivity index (χ2n) is 2.25. The van der Waals surface area contributed by atoms with Crippen LogP contribution < -0.4 is 4.98 Å². The number of H-pyrrole nitrogens is 1. The number of rotatable bonds is 1. The molecule has 1 rings (SSSR count). The highest BCUT2D eigenvalue weighted by Gasteiger charge is 2.06. The van der Waals surface area contributed by atoms with E-state index in [1.54, 1.807) is 12.3 Å². The van der Waals surface area contributed by atoms with Gasteiger partial charge in [0.05, 0.1) is 7.11 Å². The molecular weight excluding hydrogens is 142 g/mol. The van der Waals surface area contributed by atoms with Crippen molar-refractivity contribution in [2.24, 2.45) is 0 Å². The number of carbonyl (C=O) groups is 1. The average molecular weight is 152 g/mol. The van der Waals surface area contributed by atoms with E-state index in [4.69, 9.17) is 0 Å². The second kappa shape index (κ2) is 3.14. The van der Waals surface area contributed by atoms with Gasteiger partial charge < -0.3 is 4.74 Å². The Morgan fingerprint density at radius 2 is 2.27 bits per heavy atom. The molecule has 0 spiro atoms. The standard InChI is InChI=1S/C8H9NO2/c1-6-3-4-7(5-9-6)8(10)11-2/h3-5H,1-2H3/p+1. The van der Waals surface area contributed by atoms with Gasteiger partial charge in [-0.2, -0.15) is 0 Å². The van der Waals surface area contributed by atoms with Gasteiger partial charge in [0.25, 0.3) is 0 Å². The lowest BCUT2D eigenvalue weighted by Gasteiger charge is -1.93. The molecule has 0 fully saturated rings. The maximum atomic E-state index is 10.9. The van der Waals surface area contributed by atoms with Gasteiger partial charge in [0.2, 0.25) is 0 Å². The molecule has 0 saturated heterocycles. The van der Waals surface area contributed by atoms with Crippen molar-refractivity contribution in [3.8, 4) is 0 Å². The van der Waals surface area contributed by atoms with Gasteiger partial charge in [0, 0.05) is 13.0 Å². The number of hydrogen-bond acceptors (Lipinski definition) is 2. The highest BCUT2D eigenvalue weighted by atomic mass is 16.5. The summed E-state index contributed by atoms with van der Waals surface area (Å²) >= 11 is 0. The van der Waals surface area contributed by atoms with E-state index >= 15 is 0 Å². The normalized spacial score (nSPS) is 9.27. The molecule has 3 nitrogen and oxygen atoms in total. The van der Waals surface area contributed by atoms with Crippen molar-refractivity contribution in [2.45, 2.75) is 6.92 Å². The summed E-state index contributed by atoms with van der Waals surface area (Å²) in [6.07, 6.45) is 1.63. The van der Waals surface area contributed by atoms with E-state index in [9.17, 15) is 4.79 Å². The van der Waals surface area contributed by atoms with Gasteiger partial charge in [-0.25, -0.2) is 9.78 Å². The van der Waals surface area contributed by atoms with Gasteiger partial charge in [0.1, 0.15) is 5.56 Å². The van der Waals surface area contributed by atoms with Crippen molar-refractivity contribution in [1.82, 2.24) is 0 Å². The minimum Gasteiger partial charge on any atom is -0.465 e. The average Bonchev–Trinajstić information content (AvgIpc) is 2.05. The quantitative estimate of drug-likeness (QED) is 0.553. The van der Waals surface area contributed by atoms with E-state index in [1.807, 2.05) is 13.0 Å². The summed E-state index contributed by atoms with van der Waals surface area (Å²) in [7, 11) is 1.36. The van der Waals surface area contributed by atoms with Crippen molar-refractivity contribution in [2.75, 3.05) is 7.11 Å². The molecule has 11 heavy (non-hydrogen) atoms. The van der Waals surface area contributed by atoms with Crippen LogP contribution in [0.4, 0.5) is 0 Å². The predicted molar refractivity (Wildman–Crippen MR) is 39.1 cm³/mol. The van der Waals surface area contributed by atoms with Crippen LogP contribution in [0.1, 0.15) is 16.1 Å². The highest BCUT2D eigenvalue weighted by molar-refractivity contribution is 5.88. The van der Waals surface area contributed by atoms with E-state index in [2.05, 4.69) is 9.72 Å². The number of hydrogen-bond donors (Lipinski definition) is 0. The predicted octanol–water partition coefficient (Wildman–Crippen LogP) is 0.596. The van der Waals surface area contributed by atoms with Crippen molar-refractivity contribution in [3.05, 3.63) is 29.6 Å². The minimum absolute atomic E-state index is 0.318. The molecule has 0 unspecified atom stereocenters. The van der Waals surface area contributed by atoms with E-state index in [-0.39, 0.29) is 5.97 Å². The van der Waals surface area contributed by atoms with Gasteiger partial charge in [-0.3, -0.25) is 0 Å². The molecule has 0 saturated carbocycles. The van der Waals surface area contributed by atoms with Crippen LogP contribution in [-0.4, -0.2) is 13.1 Å². The Morgan fingerprint density at radius 1 is 1.55 bits per heavy atom. The summed E-state index contributed by atoms with van der Waals surface area (Å²) in [5.41, 5.74) is 1.55. The first kappa shape index (κ1) is 7.72. The van der Waals surface area contributed by atoms with Crippen molar-refractivity contribution < 1.29 is 14.5 Å². The summed E-state index contributed by atoms with van der Waals surface area (Å²) in [5, 5.41) is 0. The maximum Gasteiger partial charge on any atom is 0.343 e. The largest absolute Gasteiger partial charge is 0.465 e. The number of ether oxygens (including phenoxy) is 1. The van der Waals surface area contributed by atoms with Crippen LogP contribution >= 0.6 is 0 Å². The van der Waals surface area contributed by atoms with Crippen LogP contribution in [0, 0.1) is 6.92 Å². The van der Waals surface area contributed by atoms with Crippen LogP contribution in [0.15, 0.2) is 18.3 Å². The summed E-state index contributed by atoms with van der Waals surface area (Å²) in [4.78, 5) is 13.8. The number of aromatic nitrogens is 1. The number of nitrogens with one attached hydrogen (secondary N) is 1. The molecule has 0 atom stereocenters. The van der Waals surface area contributed by atoms with Gasteiger partial charge in [-0.15, -0.1) is 0 Å². The molecule has 0 amide bonds. The van der Waals surface area contributed by atoms with Gasteiger partial charge >= 0.3 is 5.97 Å². The van der Waals surface area contributed by atoms with Gasteiger partial charge in [-0.1, -0.05) is 0 Å². The molecular formula is C8H10NO2+. The Kier molecular flexibility index (Phi) is 2.21. The number of aromatic amines is 1. The second-order valence-corrected chi connectivity index (χ2v) is 2.25. The lowest BCUT2D eigenvalue weighted by molar-refractivity contribution is -0.387. The zero-order chi connectivity index (χ0) is 8.27. The Hall–Kier alpha value is -1.38. The maximum absolute atomic E-state index is 10.9. The molecule has 1 aromatic heterocycles. The van der Waals surface area contributed by atoms with Gasteiger partial charge in [0.15, 0.2) is 11.9 Å². The Labute approximate surface area is 65.0 Å². The van der Waals surface area contributed by atoms with E-state index < -0.39 is 0 Å². The van der Waals surface area contributed by atoms with Crippen LogP contribution in [0.25, 0.3) is 0 Å². The molecule has 0 bridgehead atoms. The number of pyridine rings is 1. The van der Waals surface area contributed by atoms with Crippen LogP contribution in [0.2, 0.25) is 0 Å². The third-order valence-electron chi connectivity index (χ3n) is 1.39. The lowest BCUT2D eigenvalue weighted by Crippen LogP contribution is -2.11. The number of esters is 1. The summed E-state index contributed by atoms with van der Waals surface area (Å²) in [6.45, 7) is 1.92. The van der Waals surface area contributed by atoms with E-state index in [1.165, 1.54) is 7.11 Å². The zero-order valence-electron chi connectivity index (χ0n) is 6.55. The molecule has 0 radical (unpaired) electrons. The van der Waals surface area contributed by atoms with Crippen LogP contribution in [0.5, 0.6) is 0 Å². The molecule has 3 heteroatoms. The van der Waals surface area contributed by atoms with E-state index in [0.29, 0.717) is 5.56 Å². The molecule has 0 aliphatic carbocycles. The van der Waals surface area contributed by atoms with Crippen molar-refractivity contribution in [3.63, 3.8) is 0 Å². The Bertz CT molecular complexity index is 253. The lowest BCUT2D eigenvalue weighted by atomic mass is 10.2. The molecule has 1 heterocycles. The smallest absolute Gasteiger partial charge is 0.343 e. The third-order valence-corrected chi connectivity index (χ3v) is 1.39. The fourth-order valence-electron chi connectivity index (χ4n) is 0.747. The first-order valence-corrected chi connectivity index (χ1v) is 3.30. The number of carbonyl (C=O) groups excluding carboxylic acids is 1. The number of aryl methyl sites for hydroxylation is 1. The first-order chi connectivity index (χ1) is 5.24. The first-order valence-electron chi connectivity index (χ1n) is 3.30. The van der Waals surface area contributed by atoms with Gasteiger partial charge in [-0.05, 0) is 6.07 Å². The van der Waals surface area contributed by atoms with Crippen LogP contribution in [-0.2, 0) is 4.74 Å². The summed E-state index contributed by atoms with van der Waals surface area (Å²) in [6, 6.07) is 3.55. The summed E-state index contributed by atoms with van der Waals surface area (Å²) < 4.78 is 4.52. The highest BCUT2D eigenvalue weighted by Crippen LogP contribution is 1.96. The molecule has 0 aliphatic rings. The fourth-order valence-corrected chi connectivity index (χ4v) is 0.747. The fraction of sp³-hybridized carbons (Fsp3) is 0.250. The van der Waals surface area contributed by atoms with Crippen molar-refractivity contribution >= 4 is 5.97 Å². The van der Waals surface area contributed by atoms with E-state index in [0.717, 1.165) is 5.69 Å². The van der Waals surface area contributed by atoms with Crippen LogP contribution in [0.3, 0.4) is 0 Å².